The van der Waals surface area contributed by atoms with Crippen LogP contribution in [-0.2, 0) is 0 Å². The fourth-order valence-corrected chi connectivity index (χ4v) is 0.934. The van der Waals surface area contributed by atoms with E-state index in [2.05, 4.69) is 6.58 Å². The Balaban J connectivity index is 2.34. The molecule has 0 aromatic carbocycles. The maximum absolute atomic E-state index is 8.51. The van der Waals surface area contributed by atoms with E-state index in [1.54, 1.807) is 0 Å². The summed E-state index contributed by atoms with van der Waals surface area (Å²) in [6, 6.07) is 0. The van der Waals surface area contributed by atoms with E-state index in [0.717, 1.165) is 5.57 Å². The Kier molecular flexibility index (Phi) is 1.36. The van der Waals surface area contributed by atoms with Crippen molar-refractivity contribution < 1.29 is 10.2 Å². The highest BCUT2D eigenvalue weighted by Gasteiger charge is 2.40. The van der Waals surface area contributed by atoms with Gasteiger partial charge in [-0.25, -0.2) is 0 Å². The summed E-state index contributed by atoms with van der Waals surface area (Å²) in [5.74, 6) is 0.389. The predicted octanol–water partition coefficient (Wildman–Crippen LogP) is -0.227. The molecule has 1 aliphatic rings. The summed E-state index contributed by atoms with van der Waals surface area (Å²) in [6.45, 7) is 3.94. The van der Waals surface area contributed by atoms with Crippen LogP contribution in [0, 0.1) is 11.8 Å². The second-order valence-corrected chi connectivity index (χ2v) is 2.15. The Labute approximate surface area is 48.5 Å². The average Bonchev–Trinajstić information content (AvgIpc) is 2.40. The fourth-order valence-electron chi connectivity index (χ4n) is 0.934. The molecule has 0 aromatic rings. The van der Waals surface area contributed by atoms with Crippen LogP contribution in [0.5, 0.6) is 0 Å². The van der Waals surface area contributed by atoms with E-state index in [0.29, 0.717) is 0 Å². The topological polar surface area (TPSA) is 40.5 Å². The van der Waals surface area contributed by atoms with E-state index in [-0.39, 0.29) is 25.0 Å². The molecule has 2 N–H and O–H groups in total. The lowest BCUT2D eigenvalue weighted by Gasteiger charge is -1.83. The van der Waals surface area contributed by atoms with E-state index in [1.165, 1.54) is 0 Å². The number of hydrogen-bond acceptors (Lipinski definition) is 2. The normalized spacial score (nSPS) is 35.5. The summed E-state index contributed by atoms with van der Waals surface area (Å²) in [5, 5.41) is 17.0. The van der Waals surface area contributed by atoms with Crippen LogP contribution in [0.25, 0.3) is 0 Å². The molecule has 46 valence electrons. The van der Waals surface area contributed by atoms with Gasteiger partial charge >= 0.3 is 0 Å². The van der Waals surface area contributed by atoms with Crippen molar-refractivity contribution in [2.24, 2.45) is 11.8 Å². The van der Waals surface area contributed by atoms with Crippen molar-refractivity contribution in [1.29, 1.82) is 0 Å². The Morgan fingerprint density at radius 3 is 1.75 bits per heavy atom. The first-order valence-electron chi connectivity index (χ1n) is 2.71. The summed E-state index contributed by atoms with van der Waals surface area (Å²) in [4.78, 5) is 0. The Hall–Kier alpha value is -0.340. The van der Waals surface area contributed by atoms with Crippen LogP contribution in [0.4, 0.5) is 0 Å². The highest BCUT2D eigenvalue weighted by Crippen LogP contribution is 2.42. The minimum Gasteiger partial charge on any atom is -0.396 e. The highest BCUT2D eigenvalue weighted by atomic mass is 16.3. The van der Waals surface area contributed by atoms with Crippen molar-refractivity contribution in [1.82, 2.24) is 0 Å². The Morgan fingerprint density at radius 2 is 1.62 bits per heavy atom. The van der Waals surface area contributed by atoms with Crippen molar-refractivity contribution in [2.45, 2.75) is 0 Å². The Bertz CT molecular complexity index is 97.1. The second-order valence-electron chi connectivity index (χ2n) is 2.15. The molecule has 0 aromatic heterocycles. The summed E-state index contributed by atoms with van der Waals surface area (Å²) < 4.78 is 0. The van der Waals surface area contributed by atoms with Crippen LogP contribution in [-0.4, -0.2) is 23.4 Å². The predicted molar refractivity (Wildman–Crippen MR) is 30.3 cm³/mol. The third-order valence-corrected chi connectivity index (χ3v) is 1.72. The number of aliphatic hydroxyl groups is 2. The van der Waals surface area contributed by atoms with Gasteiger partial charge in [-0.3, -0.25) is 0 Å². The number of hydrogen-bond donors (Lipinski definition) is 2. The van der Waals surface area contributed by atoms with Gasteiger partial charge in [0.25, 0.3) is 0 Å². The van der Waals surface area contributed by atoms with Crippen molar-refractivity contribution in [2.75, 3.05) is 13.2 Å². The molecule has 1 saturated carbocycles. The molecule has 0 radical (unpaired) electrons. The van der Waals surface area contributed by atoms with Crippen LogP contribution in [0.2, 0.25) is 0 Å². The molecule has 2 heteroatoms. The molecule has 8 heavy (non-hydrogen) atoms. The maximum atomic E-state index is 8.51. The van der Waals surface area contributed by atoms with Crippen molar-refractivity contribution in [3.63, 3.8) is 0 Å². The molecule has 0 amide bonds. The van der Waals surface area contributed by atoms with Gasteiger partial charge in [-0.2, -0.15) is 0 Å². The molecular weight excluding hydrogens is 104 g/mol. The standard InChI is InChI=1S/C6H10O2/c1-4-5(2-7)6(4)3-8/h5-8H,1-3H2/t5-,6-/m1/s1. The SMILES string of the molecule is C=C1[C@@H](CO)[C@@H]1CO. The first-order chi connectivity index (χ1) is 3.81. The molecule has 1 fully saturated rings. The van der Waals surface area contributed by atoms with Gasteiger partial charge in [0.1, 0.15) is 0 Å². The molecule has 1 aliphatic carbocycles. The van der Waals surface area contributed by atoms with E-state index in [4.69, 9.17) is 10.2 Å². The summed E-state index contributed by atoms with van der Waals surface area (Å²) in [6.07, 6.45) is 0. The Morgan fingerprint density at radius 1 is 1.25 bits per heavy atom. The van der Waals surface area contributed by atoms with Gasteiger partial charge in [0, 0.05) is 11.8 Å². The van der Waals surface area contributed by atoms with Crippen LogP contribution in [0.1, 0.15) is 0 Å². The zero-order valence-corrected chi connectivity index (χ0v) is 4.67. The maximum Gasteiger partial charge on any atom is 0.0503 e. The molecule has 2 atom stereocenters. The number of rotatable bonds is 2. The molecule has 0 aliphatic heterocycles. The third kappa shape index (κ3) is 0.659. The van der Waals surface area contributed by atoms with Gasteiger partial charge in [0.15, 0.2) is 0 Å². The molecule has 0 heterocycles. The lowest BCUT2D eigenvalue weighted by atomic mass is 10.3. The van der Waals surface area contributed by atoms with Gasteiger partial charge in [0.05, 0.1) is 13.2 Å². The van der Waals surface area contributed by atoms with Crippen molar-refractivity contribution in [3.05, 3.63) is 12.2 Å². The molecule has 0 saturated heterocycles. The van der Waals surface area contributed by atoms with Crippen LogP contribution >= 0.6 is 0 Å². The molecular formula is C6H10O2. The average molecular weight is 114 g/mol. The number of aliphatic hydroxyl groups excluding tert-OH is 2. The lowest BCUT2D eigenvalue weighted by molar-refractivity contribution is 0.232. The highest BCUT2D eigenvalue weighted by molar-refractivity contribution is 5.25. The summed E-state index contributed by atoms with van der Waals surface area (Å²) in [7, 11) is 0. The van der Waals surface area contributed by atoms with Crippen molar-refractivity contribution in [3.8, 4) is 0 Å². The van der Waals surface area contributed by atoms with Gasteiger partial charge in [-0.1, -0.05) is 12.2 Å². The van der Waals surface area contributed by atoms with Gasteiger partial charge < -0.3 is 10.2 Å². The van der Waals surface area contributed by atoms with Crippen LogP contribution < -0.4 is 0 Å². The molecule has 0 bridgehead atoms. The fraction of sp³-hybridized carbons (Fsp3) is 0.667. The first kappa shape index (κ1) is 5.79. The monoisotopic (exact) mass is 114 g/mol. The van der Waals surface area contributed by atoms with E-state index in [9.17, 15) is 0 Å². The summed E-state index contributed by atoms with van der Waals surface area (Å²) >= 11 is 0. The van der Waals surface area contributed by atoms with E-state index in [1.807, 2.05) is 0 Å². The zero-order valence-electron chi connectivity index (χ0n) is 4.67. The first-order valence-corrected chi connectivity index (χ1v) is 2.71. The van der Waals surface area contributed by atoms with Gasteiger partial charge in [-0.05, 0) is 0 Å². The van der Waals surface area contributed by atoms with Gasteiger partial charge in [0.2, 0.25) is 0 Å². The smallest absolute Gasteiger partial charge is 0.0503 e. The lowest BCUT2D eigenvalue weighted by Crippen LogP contribution is -1.91. The molecule has 0 unspecified atom stereocenters. The van der Waals surface area contributed by atoms with E-state index >= 15 is 0 Å². The largest absolute Gasteiger partial charge is 0.396 e. The summed E-state index contributed by atoms with van der Waals surface area (Å²) in [5.41, 5.74) is 0.995. The van der Waals surface area contributed by atoms with Crippen LogP contribution in [0.15, 0.2) is 12.2 Å². The van der Waals surface area contributed by atoms with E-state index < -0.39 is 0 Å². The molecule has 0 spiro atoms. The molecule has 1 rings (SSSR count). The second kappa shape index (κ2) is 1.88. The quantitative estimate of drug-likeness (QED) is 0.487. The van der Waals surface area contributed by atoms with Crippen molar-refractivity contribution >= 4 is 0 Å². The zero-order chi connectivity index (χ0) is 6.15. The van der Waals surface area contributed by atoms with Crippen LogP contribution in [0.3, 0.4) is 0 Å². The minimum atomic E-state index is 0.143. The molecule has 2 nitrogen and oxygen atoms in total. The minimum absolute atomic E-state index is 0.143. The third-order valence-electron chi connectivity index (χ3n) is 1.72. The van der Waals surface area contributed by atoms with Gasteiger partial charge in [-0.15, -0.1) is 0 Å².